The fraction of sp³-hybridized carbons (Fsp3) is 0.385. The van der Waals surface area contributed by atoms with Crippen LogP contribution in [0.3, 0.4) is 0 Å². The highest BCUT2D eigenvalue weighted by molar-refractivity contribution is 5.88. The van der Waals surface area contributed by atoms with Gasteiger partial charge in [-0.15, -0.1) is 0 Å². The first-order chi connectivity index (χ1) is 7.88. The van der Waals surface area contributed by atoms with Crippen molar-refractivity contribution in [2.45, 2.75) is 19.9 Å². The van der Waals surface area contributed by atoms with E-state index in [-0.39, 0.29) is 0 Å². The van der Waals surface area contributed by atoms with Crippen molar-refractivity contribution in [3.05, 3.63) is 29.5 Å². The molecule has 0 unspecified atom stereocenters. The van der Waals surface area contributed by atoms with E-state index in [1.165, 1.54) is 27.8 Å². The average molecular weight is 215 g/mol. The lowest BCUT2D eigenvalue weighted by atomic mass is 10.0. The van der Waals surface area contributed by atoms with E-state index in [0.717, 1.165) is 26.1 Å². The lowest BCUT2D eigenvalue weighted by molar-refractivity contribution is 0.637. The van der Waals surface area contributed by atoms with Gasteiger partial charge in [0.25, 0.3) is 0 Å². The van der Waals surface area contributed by atoms with Gasteiger partial charge in [-0.1, -0.05) is 0 Å². The van der Waals surface area contributed by atoms with Crippen LogP contribution in [-0.4, -0.2) is 18.1 Å². The molecular weight excluding hydrogens is 198 g/mol. The van der Waals surface area contributed by atoms with Gasteiger partial charge in [-0.3, -0.25) is 0 Å². The molecule has 1 aromatic heterocycles. The van der Waals surface area contributed by atoms with E-state index in [1.54, 1.807) is 0 Å². The van der Waals surface area contributed by atoms with Crippen LogP contribution in [0.2, 0.25) is 0 Å². The monoisotopic (exact) mass is 215 g/mol. The summed E-state index contributed by atoms with van der Waals surface area (Å²) in [5, 5.41) is 8.15. The lowest BCUT2D eigenvalue weighted by Gasteiger charge is -2.12. The first-order valence-electron chi connectivity index (χ1n) is 5.96. The Morgan fingerprint density at radius 2 is 2.31 bits per heavy atom. The Labute approximate surface area is 95.2 Å². The molecule has 1 aliphatic rings. The number of aromatic amines is 1. The van der Waals surface area contributed by atoms with Gasteiger partial charge in [0.2, 0.25) is 0 Å². The van der Waals surface area contributed by atoms with Crippen LogP contribution in [0.5, 0.6) is 0 Å². The number of anilines is 1. The third-order valence-corrected chi connectivity index (χ3v) is 3.23. The summed E-state index contributed by atoms with van der Waals surface area (Å²) in [6, 6.07) is 6.58. The van der Waals surface area contributed by atoms with Crippen LogP contribution in [0.15, 0.2) is 18.2 Å². The zero-order chi connectivity index (χ0) is 11.0. The SMILES string of the molecule is CCNc1ccc2[nH]c3c(c2c1)CCNC3. The number of rotatable bonds is 2. The number of H-pyrrole nitrogens is 1. The molecule has 84 valence electrons. The lowest BCUT2D eigenvalue weighted by Crippen LogP contribution is -2.22. The van der Waals surface area contributed by atoms with Gasteiger partial charge in [-0.25, -0.2) is 0 Å². The molecule has 3 nitrogen and oxygen atoms in total. The second-order valence-corrected chi connectivity index (χ2v) is 4.30. The van der Waals surface area contributed by atoms with Crippen molar-refractivity contribution in [3.63, 3.8) is 0 Å². The van der Waals surface area contributed by atoms with E-state index >= 15 is 0 Å². The number of fused-ring (bicyclic) bond motifs is 3. The van der Waals surface area contributed by atoms with E-state index in [1.807, 2.05) is 0 Å². The van der Waals surface area contributed by atoms with Crippen LogP contribution < -0.4 is 10.6 Å². The maximum Gasteiger partial charge on any atom is 0.0460 e. The molecule has 3 heteroatoms. The Hall–Kier alpha value is -1.48. The van der Waals surface area contributed by atoms with Crippen LogP contribution in [0.1, 0.15) is 18.2 Å². The quantitative estimate of drug-likeness (QED) is 0.719. The molecule has 0 aliphatic carbocycles. The minimum Gasteiger partial charge on any atom is -0.385 e. The molecule has 1 aromatic carbocycles. The van der Waals surface area contributed by atoms with Gasteiger partial charge in [-0.2, -0.15) is 0 Å². The fourth-order valence-corrected chi connectivity index (χ4v) is 2.48. The number of nitrogens with one attached hydrogen (secondary N) is 3. The van der Waals surface area contributed by atoms with Crippen molar-refractivity contribution in [3.8, 4) is 0 Å². The molecule has 0 saturated carbocycles. The second kappa shape index (κ2) is 3.83. The van der Waals surface area contributed by atoms with Crippen molar-refractivity contribution in [2.75, 3.05) is 18.4 Å². The van der Waals surface area contributed by atoms with Gasteiger partial charge in [-0.05, 0) is 43.7 Å². The largest absolute Gasteiger partial charge is 0.385 e. The molecule has 2 heterocycles. The first-order valence-corrected chi connectivity index (χ1v) is 5.96. The standard InChI is InChI=1S/C13H17N3/c1-2-15-9-3-4-12-11(7-9)10-5-6-14-8-13(10)16-12/h3-4,7,14-16H,2,5-6,8H2,1H3. The van der Waals surface area contributed by atoms with E-state index in [0.29, 0.717) is 0 Å². The number of hydrogen-bond donors (Lipinski definition) is 3. The Kier molecular flexibility index (Phi) is 2.33. The van der Waals surface area contributed by atoms with E-state index < -0.39 is 0 Å². The van der Waals surface area contributed by atoms with E-state index in [9.17, 15) is 0 Å². The first kappa shape index (κ1) is 9.73. The Bertz CT molecular complexity index is 513. The van der Waals surface area contributed by atoms with E-state index in [4.69, 9.17) is 0 Å². The number of aromatic nitrogens is 1. The van der Waals surface area contributed by atoms with E-state index in [2.05, 4.69) is 40.7 Å². The van der Waals surface area contributed by atoms with Crippen molar-refractivity contribution < 1.29 is 0 Å². The summed E-state index contributed by atoms with van der Waals surface area (Å²) in [4.78, 5) is 3.50. The fourth-order valence-electron chi connectivity index (χ4n) is 2.48. The molecular formula is C13H17N3. The Balaban J connectivity index is 2.13. The molecule has 2 aromatic rings. The summed E-state index contributed by atoms with van der Waals surface area (Å²) in [6.45, 7) is 5.16. The molecule has 0 amide bonds. The minimum atomic E-state index is 0.972. The molecule has 16 heavy (non-hydrogen) atoms. The van der Waals surface area contributed by atoms with Gasteiger partial charge in [0.1, 0.15) is 0 Å². The maximum absolute atomic E-state index is 3.50. The summed E-state index contributed by atoms with van der Waals surface area (Å²) in [7, 11) is 0. The third-order valence-electron chi connectivity index (χ3n) is 3.23. The molecule has 0 atom stereocenters. The summed E-state index contributed by atoms with van der Waals surface area (Å²) in [5.41, 5.74) is 5.33. The predicted molar refractivity (Wildman–Crippen MR) is 67.9 cm³/mol. The van der Waals surface area contributed by atoms with Gasteiger partial charge in [0.15, 0.2) is 0 Å². The smallest absolute Gasteiger partial charge is 0.0460 e. The van der Waals surface area contributed by atoms with Gasteiger partial charge in [0, 0.05) is 35.4 Å². The highest BCUT2D eigenvalue weighted by Gasteiger charge is 2.14. The zero-order valence-corrected chi connectivity index (χ0v) is 9.56. The average Bonchev–Trinajstić information content (AvgIpc) is 2.68. The molecule has 1 aliphatic heterocycles. The highest BCUT2D eigenvalue weighted by Crippen LogP contribution is 2.27. The molecule has 3 N–H and O–H groups in total. The minimum absolute atomic E-state index is 0.972. The van der Waals surface area contributed by atoms with Crippen LogP contribution in [0.4, 0.5) is 5.69 Å². The third kappa shape index (κ3) is 1.48. The summed E-state index contributed by atoms with van der Waals surface area (Å²) >= 11 is 0. The molecule has 0 radical (unpaired) electrons. The summed E-state index contributed by atoms with van der Waals surface area (Å²) in [6.07, 6.45) is 1.13. The Morgan fingerprint density at radius 1 is 1.38 bits per heavy atom. The van der Waals surface area contributed by atoms with Crippen LogP contribution in [-0.2, 0) is 13.0 Å². The van der Waals surface area contributed by atoms with Crippen molar-refractivity contribution in [1.29, 1.82) is 0 Å². The van der Waals surface area contributed by atoms with Crippen LogP contribution in [0, 0.1) is 0 Å². The predicted octanol–water partition coefficient (Wildman–Crippen LogP) is 2.25. The number of hydrogen-bond acceptors (Lipinski definition) is 2. The van der Waals surface area contributed by atoms with Crippen molar-refractivity contribution in [1.82, 2.24) is 10.3 Å². The molecule has 0 spiro atoms. The molecule has 0 fully saturated rings. The van der Waals surface area contributed by atoms with Crippen LogP contribution in [0.25, 0.3) is 10.9 Å². The Morgan fingerprint density at radius 3 is 3.19 bits per heavy atom. The topological polar surface area (TPSA) is 39.9 Å². The van der Waals surface area contributed by atoms with Crippen molar-refractivity contribution >= 4 is 16.6 Å². The number of benzene rings is 1. The highest BCUT2D eigenvalue weighted by atomic mass is 14.9. The van der Waals surface area contributed by atoms with Gasteiger partial charge < -0.3 is 15.6 Å². The molecule has 3 rings (SSSR count). The van der Waals surface area contributed by atoms with Gasteiger partial charge >= 0.3 is 0 Å². The molecule has 0 bridgehead atoms. The maximum atomic E-state index is 3.50. The summed E-state index contributed by atoms with van der Waals surface area (Å²) < 4.78 is 0. The van der Waals surface area contributed by atoms with Crippen molar-refractivity contribution in [2.24, 2.45) is 0 Å². The molecule has 0 saturated heterocycles. The second-order valence-electron chi connectivity index (χ2n) is 4.30. The van der Waals surface area contributed by atoms with Crippen LogP contribution >= 0.6 is 0 Å². The van der Waals surface area contributed by atoms with Gasteiger partial charge in [0.05, 0.1) is 0 Å². The summed E-state index contributed by atoms with van der Waals surface area (Å²) in [5.74, 6) is 0. The zero-order valence-electron chi connectivity index (χ0n) is 9.56. The normalized spacial score (nSPS) is 15.1.